The number of nitrogens with one attached hydrogen (secondary N) is 1. The number of ether oxygens (including phenoxy) is 1. The van der Waals surface area contributed by atoms with Gasteiger partial charge in [-0.25, -0.2) is 0 Å². The fraction of sp³-hybridized carbons (Fsp3) is 0.625. The van der Waals surface area contributed by atoms with E-state index >= 15 is 0 Å². The Bertz CT molecular complexity index is 375. The molecule has 1 fully saturated rings. The molecule has 1 aromatic carbocycles. The van der Waals surface area contributed by atoms with Crippen LogP contribution in [0.4, 0.5) is 5.69 Å². The van der Waals surface area contributed by atoms with Crippen molar-refractivity contribution in [1.82, 2.24) is 4.90 Å². The normalized spacial score (nSPS) is 17.6. The topological polar surface area (TPSA) is 24.5 Å². The maximum atomic E-state index is 5.23. The molecule has 1 unspecified atom stereocenters. The molecule has 0 saturated carbocycles. The van der Waals surface area contributed by atoms with Gasteiger partial charge in [0.05, 0.1) is 6.61 Å². The summed E-state index contributed by atoms with van der Waals surface area (Å²) < 4.78 is 5.23. The molecule has 0 amide bonds. The highest BCUT2D eigenvalue weighted by Crippen LogP contribution is 2.17. The van der Waals surface area contributed by atoms with Crippen LogP contribution in [0.2, 0.25) is 0 Å². The second-order valence-corrected chi connectivity index (χ2v) is 5.39. The number of rotatable bonds is 7. The summed E-state index contributed by atoms with van der Waals surface area (Å²) in [4.78, 5) is 2.53. The standard InChI is InChI=1S/C16H26N2O/c1-3-15(13-19-2)17-16-8-6-7-14(11-16)12-18-9-4-5-10-18/h6-8,11,15,17H,3-5,9-10,12-13H2,1-2H3. The van der Waals surface area contributed by atoms with Gasteiger partial charge < -0.3 is 10.1 Å². The summed E-state index contributed by atoms with van der Waals surface area (Å²) in [5.41, 5.74) is 2.61. The Morgan fingerprint density at radius 3 is 2.79 bits per heavy atom. The van der Waals surface area contributed by atoms with Gasteiger partial charge in [-0.3, -0.25) is 4.90 Å². The van der Waals surface area contributed by atoms with Crippen molar-refractivity contribution >= 4 is 5.69 Å². The van der Waals surface area contributed by atoms with Crippen LogP contribution in [0, 0.1) is 0 Å². The molecule has 3 heteroatoms. The van der Waals surface area contributed by atoms with Crippen molar-refractivity contribution in [3.8, 4) is 0 Å². The van der Waals surface area contributed by atoms with Crippen molar-refractivity contribution in [2.75, 3.05) is 32.1 Å². The van der Waals surface area contributed by atoms with E-state index in [0.717, 1.165) is 19.6 Å². The van der Waals surface area contributed by atoms with Crippen molar-refractivity contribution in [2.45, 2.75) is 38.8 Å². The predicted octanol–water partition coefficient (Wildman–Crippen LogP) is 3.12. The van der Waals surface area contributed by atoms with Crippen molar-refractivity contribution in [3.05, 3.63) is 29.8 Å². The smallest absolute Gasteiger partial charge is 0.0663 e. The van der Waals surface area contributed by atoms with Crippen LogP contribution < -0.4 is 5.32 Å². The maximum Gasteiger partial charge on any atom is 0.0663 e. The summed E-state index contributed by atoms with van der Waals surface area (Å²) in [6.45, 7) is 6.52. The molecule has 1 aliphatic heterocycles. The zero-order chi connectivity index (χ0) is 13.5. The number of likely N-dealkylation sites (tertiary alicyclic amines) is 1. The Morgan fingerprint density at radius 2 is 2.11 bits per heavy atom. The van der Waals surface area contributed by atoms with Crippen molar-refractivity contribution in [3.63, 3.8) is 0 Å². The van der Waals surface area contributed by atoms with Crippen molar-refractivity contribution in [2.24, 2.45) is 0 Å². The molecule has 0 spiro atoms. The minimum absolute atomic E-state index is 0.395. The second kappa shape index (κ2) is 7.51. The van der Waals surface area contributed by atoms with Crippen LogP contribution in [-0.2, 0) is 11.3 Å². The van der Waals surface area contributed by atoms with Gasteiger partial charge in [-0.05, 0) is 50.0 Å². The molecule has 106 valence electrons. The van der Waals surface area contributed by atoms with Crippen LogP contribution in [-0.4, -0.2) is 37.7 Å². The van der Waals surface area contributed by atoms with Crippen LogP contribution in [0.3, 0.4) is 0 Å². The highest BCUT2D eigenvalue weighted by molar-refractivity contribution is 5.46. The van der Waals surface area contributed by atoms with Crippen LogP contribution >= 0.6 is 0 Å². The van der Waals surface area contributed by atoms with Crippen LogP contribution in [0.15, 0.2) is 24.3 Å². The Kier molecular flexibility index (Phi) is 5.67. The zero-order valence-corrected chi connectivity index (χ0v) is 12.2. The Hall–Kier alpha value is -1.06. The van der Waals surface area contributed by atoms with Crippen molar-refractivity contribution < 1.29 is 4.74 Å². The van der Waals surface area contributed by atoms with Crippen molar-refractivity contribution in [1.29, 1.82) is 0 Å². The molecule has 3 nitrogen and oxygen atoms in total. The van der Waals surface area contributed by atoms with E-state index in [-0.39, 0.29) is 0 Å². The fourth-order valence-corrected chi connectivity index (χ4v) is 2.66. The average Bonchev–Trinajstić information content (AvgIpc) is 2.91. The summed E-state index contributed by atoms with van der Waals surface area (Å²) in [6, 6.07) is 9.18. The van der Waals surface area contributed by atoms with Gasteiger partial charge in [-0.15, -0.1) is 0 Å². The molecule has 0 aromatic heterocycles. The molecule has 0 bridgehead atoms. The summed E-state index contributed by atoms with van der Waals surface area (Å²) in [6.07, 6.45) is 3.78. The third kappa shape index (κ3) is 4.51. The molecule has 1 atom stereocenters. The Labute approximate surface area is 116 Å². The number of anilines is 1. The summed E-state index contributed by atoms with van der Waals surface area (Å²) in [7, 11) is 1.76. The maximum absolute atomic E-state index is 5.23. The zero-order valence-electron chi connectivity index (χ0n) is 12.2. The van der Waals surface area contributed by atoms with Crippen LogP contribution in [0.1, 0.15) is 31.7 Å². The van der Waals surface area contributed by atoms with E-state index in [9.17, 15) is 0 Å². The van der Waals surface area contributed by atoms with E-state index in [2.05, 4.69) is 41.4 Å². The van der Waals surface area contributed by atoms with E-state index < -0.39 is 0 Å². The monoisotopic (exact) mass is 262 g/mol. The van der Waals surface area contributed by atoms with Gasteiger partial charge in [-0.1, -0.05) is 19.1 Å². The number of benzene rings is 1. The third-order valence-corrected chi connectivity index (χ3v) is 3.76. The molecule has 0 aliphatic carbocycles. The first kappa shape index (κ1) is 14.4. The lowest BCUT2D eigenvalue weighted by molar-refractivity contribution is 0.184. The Balaban J connectivity index is 1.93. The van der Waals surface area contributed by atoms with Gasteiger partial charge in [0.1, 0.15) is 0 Å². The van der Waals surface area contributed by atoms with E-state index in [1.807, 2.05) is 0 Å². The van der Waals surface area contributed by atoms with Crippen LogP contribution in [0.25, 0.3) is 0 Å². The lowest BCUT2D eigenvalue weighted by Gasteiger charge is -2.19. The van der Waals surface area contributed by atoms with E-state index in [1.54, 1.807) is 7.11 Å². The lowest BCUT2D eigenvalue weighted by atomic mass is 10.1. The quantitative estimate of drug-likeness (QED) is 0.817. The first-order valence-corrected chi connectivity index (χ1v) is 7.38. The van der Waals surface area contributed by atoms with Gasteiger partial charge in [0, 0.05) is 25.4 Å². The summed E-state index contributed by atoms with van der Waals surface area (Å²) >= 11 is 0. The van der Waals surface area contributed by atoms with Gasteiger partial charge in [0.2, 0.25) is 0 Å². The Morgan fingerprint density at radius 1 is 1.32 bits per heavy atom. The second-order valence-electron chi connectivity index (χ2n) is 5.39. The highest BCUT2D eigenvalue weighted by atomic mass is 16.5. The minimum Gasteiger partial charge on any atom is -0.383 e. The predicted molar refractivity (Wildman–Crippen MR) is 80.5 cm³/mol. The number of hydrogen-bond acceptors (Lipinski definition) is 3. The molecule has 1 aliphatic rings. The van der Waals surface area contributed by atoms with Gasteiger partial charge >= 0.3 is 0 Å². The van der Waals surface area contributed by atoms with E-state index in [4.69, 9.17) is 4.74 Å². The molecule has 19 heavy (non-hydrogen) atoms. The molecular formula is C16H26N2O. The first-order chi connectivity index (χ1) is 9.31. The van der Waals surface area contributed by atoms with E-state index in [1.165, 1.54) is 37.2 Å². The lowest BCUT2D eigenvalue weighted by Crippen LogP contribution is -2.24. The minimum atomic E-state index is 0.395. The number of methoxy groups -OCH3 is 1. The molecular weight excluding hydrogens is 236 g/mol. The third-order valence-electron chi connectivity index (χ3n) is 3.76. The largest absolute Gasteiger partial charge is 0.383 e. The molecule has 2 rings (SSSR count). The fourth-order valence-electron chi connectivity index (χ4n) is 2.66. The molecule has 1 N–H and O–H groups in total. The van der Waals surface area contributed by atoms with Crippen LogP contribution in [0.5, 0.6) is 0 Å². The first-order valence-electron chi connectivity index (χ1n) is 7.38. The number of hydrogen-bond donors (Lipinski definition) is 1. The molecule has 1 heterocycles. The summed E-state index contributed by atoms with van der Waals surface area (Å²) in [5, 5.41) is 3.55. The molecule has 0 radical (unpaired) electrons. The SMILES string of the molecule is CCC(COC)Nc1cccc(CN2CCCC2)c1. The van der Waals surface area contributed by atoms with Gasteiger partial charge in [0.15, 0.2) is 0 Å². The van der Waals surface area contributed by atoms with Gasteiger partial charge in [-0.2, -0.15) is 0 Å². The van der Waals surface area contributed by atoms with E-state index in [0.29, 0.717) is 6.04 Å². The summed E-state index contributed by atoms with van der Waals surface area (Å²) in [5.74, 6) is 0. The number of nitrogens with zero attached hydrogens (tertiary/aromatic N) is 1. The highest BCUT2D eigenvalue weighted by Gasteiger charge is 2.12. The molecule has 1 aromatic rings. The average molecular weight is 262 g/mol. The molecule has 1 saturated heterocycles. The van der Waals surface area contributed by atoms with Gasteiger partial charge in [0.25, 0.3) is 0 Å².